The molecular weight excluding hydrogens is 470 g/mol. The Bertz CT molecular complexity index is 1560. The summed E-state index contributed by atoms with van der Waals surface area (Å²) in [4.78, 5) is 15.4. The van der Waals surface area contributed by atoms with Gasteiger partial charge in [0.15, 0.2) is 0 Å². The molecule has 1 aromatic carbocycles. The molecule has 0 fully saturated rings. The second kappa shape index (κ2) is 8.37. The van der Waals surface area contributed by atoms with Crippen LogP contribution in [0.4, 0.5) is 20.3 Å². The molecule has 0 spiro atoms. The number of halogens is 2. The minimum Gasteiger partial charge on any atom is -0.364 e. The molecule has 37 heavy (non-hydrogen) atoms. The number of hydrogen-bond donors (Lipinski definition) is 2. The summed E-state index contributed by atoms with van der Waals surface area (Å²) in [6.45, 7) is 8.22. The fourth-order valence-electron chi connectivity index (χ4n) is 5.19. The smallest absolute Gasteiger partial charge is 0.227 e. The van der Waals surface area contributed by atoms with Crippen LogP contribution in [-0.4, -0.2) is 15.0 Å². The Hall–Kier alpha value is -4.33. The zero-order chi connectivity index (χ0) is 25.9. The molecule has 0 saturated heterocycles. The van der Waals surface area contributed by atoms with E-state index in [2.05, 4.69) is 41.6 Å². The highest BCUT2D eigenvalue weighted by atomic mass is 19.1. The molecule has 2 N–H and O–H groups in total. The maximum absolute atomic E-state index is 15.2. The van der Waals surface area contributed by atoms with Crippen LogP contribution >= 0.6 is 0 Å². The van der Waals surface area contributed by atoms with Gasteiger partial charge in [0.1, 0.15) is 17.8 Å². The van der Waals surface area contributed by atoms with E-state index in [4.69, 9.17) is 9.97 Å². The van der Waals surface area contributed by atoms with E-state index >= 15 is 4.39 Å². The SMILES string of the molecule is Cc1cccc(C)c1C1NC=C2Nc3cc(F)nc(F)c3-c3cccc(n3)C(C)(C)c3cccc(n3)N21. The Balaban J connectivity index is 1.63. The minimum absolute atomic E-state index is 0.104. The summed E-state index contributed by atoms with van der Waals surface area (Å²) in [5.41, 5.74) is 4.98. The number of benzene rings is 1. The molecule has 5 heterocycles. The van der Waals surface area contributed by atoms with Crippen molar-refractivity contribution >= 4 is 11.5 Å². The van der Waals surface area contributed by atoms with Crippen LogP contribution < -0.4 is 15.5 Å². The normalized spacial score (nSPS) is 17.4. The van der Waals surface area contributed by atoms with E-state index in [0.29, 0.717) is 23.0 Å². The van der Waals surface area contributed by atoms with E-state index < -0.39 is 17.3 Å². The molecule has 4 bridgehead atoms. The van der Waals surface area contributed by atoms with Gasteiger partial charge >= 0.3 is 0 Å². The summed E-state index contributed by atoms with van der Waals surface area (Å²) >= 11 is 0. The highest BCUT2D eigenvalue weighted by Gasteiger charge is 2.35. The van der Waals surface area contributed by atoms with Gasteiger partial charge in [0.05, 0.1) is 28.3 Å². The summed E-state index contributed by atoms with van der Waals surface area (Å²) in [6, 6.07) is 18.7. The van der Waals surface area contributed by atoms with Crippen molar-refractivity contribution in [3.05, 3.63) is 113 Å². The highest BCUT2D eigenvalue weighted by Crippen LogP contribution is 2.40. The lowest BCUT2D eigenvalue weighted by atomic mass is 9.84. The lowest BCUT2D eigenvalue weighted by Crippen LogP contribution is -2.34. The fraction of sp³-hybridized carbons (Fsp3) is 0.207. The predicted molar refractivity (Wildman–Crippen MR) is 140 cm³/mol. The number of pyridine rings is 3. The molecule has 6 nitrogen and oxygen atoms in total. The zero-order valence-electron chi connectivity index (χ0n) is 21.0. The van der Waals surface area contributed by atoms with E-state index in [1.165, 1.54) is 6.07 Å². The number of rotatable bonds is 1. The molecule has 6 rings (SSSR count). The standard InChI is InChI=1S/C29H26F2N6/c1-16-8-5-9-17(2)25(16)28-32-15-24-34-19-14-22(30)36-27(31)26(19)18-10-6-11-20(33-18)29(3,4)21-12-7-13-23(35-21)37(24)28/h5-15,28,32,34H,1-4H3. The van der Waals surface area contributed by atoms with Crippen LogP contribution in [0, 0.1) is 25.7 Å². The summed E-state index contributed by atoms with van der Waals surface area (Å²) in [5, 5.41) is 6.72. The van der Waals surface area contributed by atoms with E-state index in [1.807, 2.05) is 61.3 Å². The number of anilines is 2. The van der Waals surface area contributed by atoms with Crippen LogP contribution in [0.5, 0.6) is 0 Å². The third-order valence-corrected chi connectivity index (χ3v) is 7.19. The zero-order valence-corrected chi connectivity index (χ0v) is 21.0. The third-order valence-electron chi connectivity index (χ3n) is 7.19. The summed E-state index contributed by atoms with van der Waals surface area (Å²) < 4.78 is 29.6. The molecular formula is C29H26F2N6. The molecule has 8 heteroatoms. The predicted octanol–water partition coefficient (Wildman–Crippen LogP) is 6.09. The Morgan fingerprint density at radius 1 is 0.865 bits per heavy atom. The van der Waals surface area contributed by atoms with Crippen molar-refractivity contribution in [1.82, 2.24) is 20.3 Å². The topological polar surface area (TPSA) is 66.0 Å². The van der Waals surface area contributed by atoms with Crippen molar-refractivity contribution in [2.24, 2.45) is 0 Å². The Kier molecular flexibility index (Phi) is 5.22. The highest BCUT2D eigenvalue weighted by molar-refractivity contribution is 5.78. The van der Waals surface area contributed by atoms with Crippen molar-refractivity contribution in [3.8, 4) is 11.3 Å². The first kappa shape index (κ1) is 23.1. The average molecular weight is 497 g/mol. The maximum Gasteiger partial charge on any atom is 0.227 e. The van der Waals surface area contributed by atoms with Crippen LogP contribution in [-0.2, 0) is 5.41 Å². The van der Waals surface area contributed by atoms with Gasteiger partial charge in [0.25, 0.3) is 0 Å². The first-order chi connectivity index (χ1) is 17.7. The molecule has 3 aromatic heterocycles. The quantitative estimate of drug-likeness (QED) is 0.311. The Morgan fingerprint density at radius 2 is 1.54 bits per heavy atom. The largest absolute Gasteiger partial charge is 0.364 e. The van der Waals surface area contributed by atoms with Crippen molar-refractivity contribution < 1.29 is 8.78 Å². The molecule has 0 radical (unpaired) electrons. The van der Waals surface area contributed by atoms with E-state index in [0.717, 1.165) is 22.4 Å². The van der Waals surface area contributed by atoms with Gasteiger partial charge in [-0.1, -0.05) is 30.3 Å². The van der Waals surface area contributed by atoms with Gasteiger partial charge < -0.3 is 10.6 Å². The maximum atomic E-state index is 15.2. The van der Waals surface area contributed by atoms with Crippen molar-refractivity contribution in [1.29, 1.82) is 0 Å². The molecule has 1 atom stereocenters. The minimum atomic E-state index is -0.928. The monoisotopic (exact) mass is 496 g/mol. The Labute approximate surface area is 214 Å². The third kappa shape index (κ3) is 3.71. The second-order valence-electron chi connectivity index (χ2n) is 9.97. The fourth-order valence-corrected chi connectivity index (χ4v) is 5.19. The number of aryl methyl sites for hydroxylation is 2. The number of nitrogens with one attached hydrogen (secondary N) is 2. The molecule has 0 saturated carbocycles. The van der Waals surface area contributed by atoms with E-state index in [-0.39, 0.29) is 17.4 Å². The van der Waals surface area contributed by atoms with Crippen LogP contribution in [0.3, 0.4) is 0 Å². The summed E-state index contributed by atoms with van der Waals surface area (Å²) in [5.74, 6) is -0.562. The number of nitrogens with zero attached hydrogens (tertiary/aromatic N) is 4. The van der Waals surface area contributed by atoms with Gasteiger partial charge in [-0.05, 0) is 63.1 Å². The molecule has 2 aliphatic heterocycles. The van der Waals surface area contributed by atoms with Gasteiger partial charge in [-0.25, -0.2) is 4.98 Å². The lowest BCUT2D eigenvalue weighted by molar-refractivity contribution is 0.515. The van der Waals surface area contributed by atoms with Gasteiger partial charge in [-0.15, -0.1) is 0 Å². The molecule has 1 unspecified atom stereocenters. The first-order valence-electron chi connectivity index (χ1n) is 12.1. The molecule has 4 aromatic rings. The van der Waals surface area contributed by atoms with Crippen molar-refractivity contribution in [2.75, 3.05) is 10.2 Å². The molecule has 0 aliphatic carbocycles. The van der Waals surface area contributed by atoms with Crippen molar-refractivity contribution in [3.63, 3.8) is 0 Å². The lowest BCUT2D eigenvalue weighted by Gasteiger charge is -2.33. The first-order valence-corrected chi connectivity index (χ1v) is 12.1. The van der Waals surface area contributed by atoms with Crippen LogP contribution in [0.1, 0.15) is 48.1 Å². The molecule has 2 aliphatic rings. The van der Waals surface area contributed by atoms with Crippen molar-refractivity contribution in [2.45, 2.75) is 39.3 Å². The second-order valence-corrected chi connectivity index (χ2v) is 9.97. The van der Waals surface area contributed by atoms with Crippen LogP contribution in [0.25, 0.3) is 11.3 Å². The van der Waals surface area contributed by atoms with E-state index in [9.17, 15) is 4.39 Å². The molecule has 186 valence electrons. The summed E-state index contributed by atoms with van der Waals surface area (Å²) in [6.07, 6.45) is 1.53. The van der Waals surface area contributed by atoms with Crippen LogP contribution in [0.15, 0.2) is 72.7 Å². The Morgan fingerprint density at radius 3 is 2.30 bits per heavy atom. The van der Waals surface area contributed by atoms with Gasteiger partial charge in [-0.3, -0.25) is 9.88 Å². The number of aromatic nitrogens is 3. The summed E-state index contributed by atoms with van der Waals surface area (Å²) in [7, 11) is 0. The molecule has 0 amide bonds. The van der Waals surface area contributed by atoms with Gasteiger partial charge in [0.2, 0.25) is 11.9 Å². The number of hydrogen-bond acceptors (Lipinski definition) is 6. The van der Waals surface area contributed by atoms with E-state index in [1.54, 1.807) is 6.07 Å². The van der Waals surface area contributed by atoms with Gasteiger partial charge in [0, 0.05) is 23.2 Å². The van der Waals surface area contributed by atoms with Crippen LogP contribution in [0.2, 0.25) is 0 Å². The number of fused-ring (bicyclic) bond motifs is 8. The average Bonchev–Trinajstić information content (AvgIpc) is 3.26. The van der Waals surface area contributed by atoms with Gasteiger partial charge in [-0.2, -0.15) is 13.8 Å².